The van der Waals surface area contributed by atoms with Crippen molar-refractivity contribution >= 4 is 11.7 Å². The summed E-state index contributed by atoms with van der Waals surface area (Å²) in [6, 6.07) is 7.02. The maximum atomic E-state index is 12.1. The molecule has 1 aromatic carbocycles. The first-order chi connectivity index (χ1) is 10.1. The zero-order chi connectivity index (χ0) is 15.2. The van der Waals surface area contributed by atoms with Gasteiger partial charge in [0.05, 0.1) is 18.1 Å². The highest BCUT2D eigenvalue weighted by atomic mass is 19.1. The number of anilines is 1. The molecule has 1 aromatic heterocycles. The Balaban J connectivity index is 2.28. The molecule has 0 aliphatic rings. The van der Waals surface area contributed by atoms with Gasteiger partial charge in [0.2, 0.25) is 0 Å². The second kappa shape index (κ2) is 6.78. The molecule has 0 saturated carbocycles. The fourth-order valence-corrected chi connectivity index (χ4v) is 1.79. The Hall–Kier alpha value is -2.50. The Bertz CT molecular complexity index is 631. The van der Waals surface area contributed by atoms with Crippen LogP contribution in [0.5, 0.6) is 0 Å². The molecule has 1 amide bonds. The minimum atomic E-state index is -0.582. The van der Waals surface area contributed by atoms with Crippen LogP contribution in [0.15, 0.2) is 36.7 Å². The average Bonchev–Trinajstić information content (AvgIpc) is 2.52. The van der Waals surface area contributed by atoms with Gasteiger partial charge in [0.1, 0.15) is 12.5 Å². The summed E-state index contributed by atoms with van der Waals surface area (Å²) in [5.41, 5.74) is 1.94. The first-order valence-corrected chi connectivity index (χ1v) is 6.56. The van der Waals surface area contributed by atoms with Gasteiger partial charge in [0.25, 0.3) is 5.91 Å². The summed E-state index contributed by atoms with van der Waals surface area (Å²) in [6.07, 6.45) is 3.31. The van der Waals surface area contributed by atoms with Crippen LogP contribution in [0.25, 0.3) is 11.3 Å². The van der Waals surface area contributed by atoms with Gasteiger partial charge in [-0.3, -0.25) is 9.78 Å². The van der Waals surface area contributed by atoms with Crippen LogP contribution in [-0.2, 0) is 0 Å². The maximum absolute atomic E-state index is 12.1. The first-order valence-electron chi connectivity index (χ1n) is 6.56. The van der Waals surface area contributed by atoms with Gasteiger partial charge in [0.15, 0.2) is 0 Å². The van der Waals surface area contributed by atoms with Crippen molar-refractivity contribution in [2.75, 3.05) is 32.2 Å². The van der Waals surface area contributed by atoms with Crippen molar-refractivity contribution in [3.05, 3.63) is 42.2 Å². The molecule has 0 saturated heterocycles. The first kappa shape index (κ1) is 14.9. The number of aromatic nitrogens is 2. The number of nitrogens with one attached hydrogen (secondary N) is 1. The Morgan fingerprint density at radius 1 is 1.33 bits per heavy atom. The summed E-state index contributed by atoms with van der Waals surface area (Å²) >= 11 is 0. The molecule has 0 fully saturated rings. The Kier molecular flexibility index (Phi) is 4.81. The molecular weight excluding hydrogens is 271 g/mol. The molecule has 5 nitrogen and oxygen atoms in total. The van der Waals surface area contributed by atoms with Gasteiger partial charge in [0, 0.05) is 31.8 Å². The average molecular weight is 288 g/mol. The van der Waals surface area contributed by atoms with Gasteiger partial charge in [-0.2, -0.15) is 0 Å². The predicted octanol–water partition coefficient (Wildman–Crippen LogP) is 1.91. The van der Waals surface area contributed by atoms with Crippen LogP contribution < -0.4 is 10.2 Å². The predicted molar refractivity (Wildman–Crippen MR) is 80.1 cm³/mol. The van der Waals surface area contributed by atoms with E-state index in [0.717, 1.165) is 11.4 Å². The van der Waals surface area contributed by atoms with E-state index in [1.807, 2.05) is 25.1 Å². The highest BCUT2D eigenvalue weighted by Crippen LogP contribution is 2.19. The minimum Gasteiger partial charge on any atom is -0.361 e. The molecule has 110 valence electrons. The van der Waals surface area contributed by atoms with Crippen molar-refractivity contribution in [3.8, 4) is 11.3 Å². The smallest absolute Gasteiger partial charge is 0.251 e. The molecule has 1 heterocycles. The van der Waals surface area contributed by atoms with Gasteiger partial charge in [-0.25, -0.2) is 9.37 Å². The molecule has 21 heavy (non-hydrogen) atoms. The van der Waals surface area contributed by atoms with E-state index in [2.05, 4.69) is 15.3 Å². The standard InChI is InChI=1S/C15H17FN4O/c1-20(2)14-10-17-9-13(19-14)11-4-3-5-12(8-11)15(21)18-7-6-16/h3-5,8-10H,6-7H2,1-2H3,(H,18,21). The number of benzene rings is 1. The van der Waals surface area contributed by atoms with Crippen molar-refractivity contribution in [2.24, 2.45) is 0 Å². The van der Waals surface area contributed by atoms with E-state index in [9.17, 15) is 9.18 Å². The van der Waals surface area contributed by atoms with Crippen LogP contribution in [0.3, 0.4) is 0 Å². The third-order valence-corrected chi connectivity index (χ3v) is 2.88. The zero-order valence-corrected chi connectivity index (χ0v) is 12.0. The molecule has 6 heteroatoms. The van der Waals surface area contributed by atoms with E-state index in [1.54, 1.807) is 30.6 Å². The van der Waals surface area contributed by atoms with Crippen molar-refractivity contribution < 1.29 is 9.18 Å². The van der Waals surface area contributed by atoms with Crippen molar-refractivity contribution in [3.63, 3.8) is 0 Å². The molecular formula is C15H17FN4O. The largest absolute Gasteiger partial charge is 0.361 e. The van der Waals surface area contributed by atoms with E-state index in [1.165, 1.54) is 0 Å². The molecule has 0 aliphatic carbocycles. The lowest BCUT2D eigenvalue weighted by Crippen LogP contribution is -2.25. The topological polar surface area (TPSA) is 58.1 Å². The van der Waals surface area contributed by atoms with E-state index < -0.39 is 6.67 Å². The van der Waals surface area contributed by atoms with E-state index in [-0.39, 0.29) is 12.5 Å². The van der Waals surface area contributed by atoms with Crippen LogP contribution in [-0.4, -0.2) is 43.2 Å². The Labute approximate surface area is 122 Å². The molecule has 2 rings (SSSR count). The lowest BCUT2D eigenvalue weighted by atomic mass is 10.1. The Morgan fingerprint density at radius 2 is 2.14 bits per heavy atom. The minimum absolute atomic E-state index is 0.0129. The van der Waals surface area contributed by atoms with Crippen LogP contribution >= 0.6 is 0 Å². The molecule has 1 N–H and O–H groups in total. The molecule has 0 spiro atoms. The number of hydrogen-bond donors (Lipinski definition) is 1. The van der Waals surface area contributed by atoms with Crippen LogP contribution in [0.2, 0.25) is 0 Å². The van der Waals surface area contributed by atoms with Crippen LogP contribution in [0, 0.1) is 0 Å². The monoisotopic (exact) mass is 288 g/mol. The quantitative estimate of drug-likeness (QED) is 0.913. The highest BCUT2D eigenvalue weighted by molar-refractivity contribution is 5.95. The summed E-state index contributed by atoms with van der Waals surface area (Å²) in [6.45, 7) is -0.569. The number of rotatable bonds is 5. The van der Waals surface area contributed by atoms with Gasteiger partial charge < -0.3 is 10.2 Å². The maximum Gasteiger partial charge on any atom is 0.251 e. The van der Waals surface area contributed by atoms with Gasteiger partial charge in [-0.15, -0.1) is 0 Å². The summed E-state index contributed by atoms with van der Waals surface area (Å²) < 4.78 is 12.1. The molecule has 2 aromatic rings. The number of amides is 1. The third-order valence-electron chi connectivity index (χ3n) is 2.88. The number of hydrogen-bond acceptors (Lipinski definition) is 4. The van der Waals surface area contributed by atoms with E-state index >= 15 is 0 Å². The highest BCUT2D eigenvalue weighted by Gasteiger charge is 2.08. The molecule has 0 aliphatic heterocycles. The number of nitrogens with zero attached hydrogens (tertiary/aromatic N) is 3. The van der Waals surface area contributed by atoms with Crippen LogP contribution in [0.4, 0.5) is 10.2 Å². The zero-order valence-electron chi connectivity index (χ0n) is 12.0. The van der Waals surface area contributed by atoms with Crippen molar-refractivity contribution in [2.45, 2.75) is 0 Å². The van der Waals surface area contributed by atoms with E-state index in [4.69, 9.17) is 0 Å². The van der Waals surface area contributed by atoms with E-state index in [0.29, 0.717) is 11.3 Å². The lowest BCUT2D eigenvalue weighted by Gasteiger charge is -2.12. The number of alkyl halides is 1. The normalized spacial score (nSPS) is 10.2. The molecule has 0 bridgehead atoms. The number of carbonyl (C=O) groups is 1. The van der Waals surface area contributed by atoms with Crippen molar-refractivity contribution in [1.29, 1.82) is 0 Å². The van der Waals surface area contributed by atoms with Gasteiger partial charge >= 0.3 is 0 Å². The lowest BCUT2D eigenvalue weighted by molar-refractivity contribution is 0.0951. The second-order valence-electron chi connectivity index (χ2n) is 4.68. The fourth-order valence-electron chi connectivity index (χ4n) is 1.79. The van der Waals surface area contributed by atoms with Crippen LogP contribution in [0.1, 0.15) is 10.4 Å². The fraction of sp³-hybridized carbons (Fsp3) is 0.267. The van der Waals surface area contributed by atoms with Gasteiger partial charge in [-0.05, 0) is 12.1 Å². The second-order valence-corrected chi connectivity index (χ2v) is 4.68. The van der Waals surface area contributed by atoms with Crippen molar-refractivity contribution in [1.82, 2.24) is 15.3 Å². The summed E-state index contributed by atoms with van der Waals surface area (Å²) in [5, 5.41) is 2.50. The third kappa shape index (κ3) is 3.75. The SMILES string of the molecule is CN(C)c1cncc(-c2cccc(C(=O)NCCF)c2)n1. The van der Waals surface area contributed by atoms with Gasteiger partial charge in [-0.1, -0.05) is 12.1 Å². The summed E-state index contributed by atoms with van der Waals surface area (Å²) in [7, 11) is 3.77. The number of carbonyl (C=O) groups excluding carboxylic acids is 1. The molecule has 0 atom stereocenters. The molecule has 0 radical (unpaired) electrons. The summed E-state index contributed by atoms with van der Waals surface area (Å²) in [4.78, 5) is 22.3. The number of halogens is 1. The summed E-state index contributed by atoms with van der Waals surface area (Å²) in [5.74, 6) is 0.436. The molecule has 0 unspecified atom stereocenters. The Morgan fingerprint density at radius 3 is 2.86 bits per heavy atom.